The van der Waals surface area contributed by atoms with Crippen LogP contribution in [0.4, 0.5) is 5.82 Å². The van der Waals surface area contributed by atoms with Crippen LogP contribution in [0.5, 0.6) is 0 Å². The van der Waals surface area contributed by atoms with Gasteiger partial charge in [0.15, 0.2) is 5.84 Å². The molecule has 0 aliphatic carbocycles. The molecule has 0 atom stereocenters. The summed E-state index contributed by atoms with van der Waals surface area (Å²) < 4.78 is 0. The minimum Gasteiger partial charge on any atom is -0.366 e. The van der Waals surface area contributed by atoms with Crippen molar-refractivity contribution in [1.82, 2.24) is 10.3 Å². The zero-order valence-electron chi connectivity index (χ0n) is 8.23. The summed E-state index contributed by atoms with van der Waals surface area (Å²) in [7, 11) is 0. The Morgan fingerprint density at radius 3 is 3.07 bits per heavy atom. The minimum atomic E-state index is -0.228. The number of anilines is 1. The third kappa shape index (κ3) is 2.52. The van der Waals surface area contributed by atoms with E-state index in [1.165, 1.54) is 0 Å². The van der Waals surface area contributed by atoms with Crippen LogP contribution in [0, 0.1) is 0 Å². The number of amides is 1. The molecule has 1 aromatic rings. The summed E-state index contributed by atoms with van der Waals surface area (Å²) in [6.07, 6.45) is 2.60. The van der Waals surface area contributed by atoms with Crippen molar-refractivity contribution in [1.29, 1.82) is 0 Å². The molecular formula is C10H12N4O. The average Bonchev–Trinajstić information content (AvgIpc) is 2.31. The molecule has 0 saturated heterocycles. The average molecular weight is 204 g/mol. The van der Waals surface area contributed by atoms with Crippen LogP contribution < -0.4 is 10.6 Å². The van der Waals surface area contributed by atoms with Gasteiger partial charge in [-0.15, -0.1) is 0 Å². The van der Waals surface area contributed by atoms with Gasteiger partial charge in [-0.25, -0.2) is 4.98 Å². The van der Waals surface area contributed by atoms with Gasteiger partial charge in [-0.3, -0.25) is 9.79 Å². The summed E-state index contributed by atoms with van der Waals surface area (Å²) in [5, 5.41) is 5.62. The van der Waals surface area contributed by atoms with Crippen molar-refractivity contribution in [2.45, 2.75) is 6.42 Å². The van der Waals surface area contributed by atoms with Crippen LogP contribution in [0.1, 0.15) is 6.42 Å². The minimum absolute atomic E-state index is 0.228. The van der Waals surface area contributed by atoms with E-state index in [-0.39, 0.29) is 5.91 Å². The molecule has 5 nitrogen and oxygen atoms in total. The number of hydrogen-bond donors (Lipinski definition) is 2. The Bertz CT molecular complexity index is 374. The van der Waals surface area contributed by atoms with Crippen LogP contribution in [0.2, 0.25) is 0 Å². The lowest BCUT2D eigenvalue weighted by atomic mass is 10.3. The first-order chi connectivity index (χ1) is 7.36. The zero-order valence-corrected chi connectivity index (χ0v) is 8.23. The predicted octanol–water partition coefficient (Wildman–Crippen LogP) is 0.412. The number of hydrogen-bond acceptors (Lipinski definition) is 4. The summed E-state index contributed by atoms with van der Waals surface area (Å²) in [5.41, 5.74) is 0. The third-order valence-corrected chi connectivity index (χ3v) is 2.02. The SMILES string of the molecule is O=C(Nc1ccccn1)C1=NCCCN1. The summed E-state index contributed by atoms with van der Waals surface area (Å²) in [5.74, 6) is 0.706. The third-order valence-electron chi connectivity index (χ3n) is 2.02. The molecule has 2 rings (SSSR count). The molecule has 0 fully saturated rings. The van der Waals surface area contributed by atoms with Crippen LogP contribution in [0.3, 0.4) is 0 Å². The number of nitrogens with zero attached hydrogens (tertiary/aromatic N) is 2. The van der Waals surface area contributed by atoms with Crippen molar-refractivity contribution in [2.75, 3.05) is 18.4 Å². The highest BCUT2D eigenvalue weighted by molar-refractivity contribution is 6.42. The molecule has 0 spiro atoms. The predicted molar refractivity (Wildman–Crippen MR) is 57.8 cm³/mol. The molecule has 1 aromatic heterocycles. The second kappa shape index (κ2) is 4.54. The summed E-state index contributed by atoms with van der Waals surface area (Å²) >= 11 is 0. The van der Waals surface area contributed by atoms with Gasteiger partial charge in [0.25, 0.3) is 5.91 Å². The first kappa shape index (κ1) is 9.64. The molecule has 2 N–H and O–H groups in total. The molecular weight excluding hydrogens is 192 g/mol. The van der Waals surface area contributed by atoms with Gasteiger partial charge in [0, 0.05) is 19.3 Å². The quantitative estimate of drug-likeness (QED) is 0.733. The largest absolute Gasteiger partial charge is 0.366 e. The number of pyridine rings is 1. The van der Waals surface area contributed by atoms with E-state index in [9.17, 15) is 4.79 Å². The Labute approximate surface area is 87.6 Å². The number of carbonyl (C=O) groups is 1. The van der Waals surface area contributed by atoms with Crippen LogP contribution in [-0.4, -0.2) is 29.8 Å². The highest BCUT2D eigenvalue weighted by atomic mass is 16.2. The normalized spacial score (nSPS) is 15.1. The molecule has 0 saturated carbocycles. The lowest BCUT2D eigenvalue weighted by Gasteiger charge is -2.13. The van der Waals surface area contributed by atoms with Gasteiger partial charge in [-0.05, 0) is 18.6 Å². The van der Waals surface area contributed by atoms with Crippen LogP contribution in [0.25, 0.3) is 0 Å². The van der Waals surface area contributed by atoms with Crippen molar-refractivity contribution < 1.29 is 4.79 Å². The Hall–Kier alpha value is -1.91. The number of aliphatic imine (C=N–C) groups is 1. The Balaban J connectivity index is 2.00. The molecule has 1 aliphatic heterocycles. The molecule has 0 unspecified atom stereocenters. The van der Waals surface area contributed by atoms with Crippen LogP contribution in [-0.2, 0) is 4.79 Å². The Morgan fingerprint density at radius 1 is 1.47 bits per heavy atom. The highest BCUT2D eigenvalue weighted by Crippen LogP contribution is 2.00. The molecule has 15 heavy (non-hydrogen) atoms. The van der Waals surface area contributed by atoms with Crippen molar-refractivity contribution in [2.24, 2.45) is 4.99 Å². The van der Waals surface area contributed by atoms with E-state index in [0.29, 0.717) is 18.2 Å². The molecule has 0 aromatic carbocycles. The Morgan fingerprint density at radius 2 is 2.40 bits per heavy atom. The molecule has 1 amide bonds. The van der Waals surface area contributed by atoms with Crippen molar-refractivity contribution in [3.05, 3.63) is 24.4 Å². The van der Waals surface area contributed by atoms with Gasteiger partial charge in [0.2, 0.25) is 0 Å². The van der Waals surface area contributed by atoms with E-state index >= 15 is 0 Å². The van der Waals surface area contributed by atoms with E-state index in [2.05, 4.69) is 20.6 Å². The van der Waals surface area contributed by atoms with Crippen LogP contribution >= 0.6 is 0 Å². The van der Waals surface area contributed by atoms with Crippen molar-refractivity contribution in [3.8, 4) is 0 Å². The standard InChI is InChI=1S/C10H12N4O/c15-10(9-12-6-3-7-13-9)14-8-4-1-2-5-11-8/h1-2,4-5H,3,6-7H2,(H,12,13)(H,11,14,15). The van der Waals surface area contributed by atoms with Crippen molar-refractivity contribution in [3.63, 3.8) is 0 Å². The molecule has 1 aliphatic rings. The summed E-state index contributed by atoms with van der Waals surface area (Å²) in [6, 6.07) is 5.35. The maximum atomic E-state index is 11.6. The molecule has 0 bridgehead atoms. The summed E-state index contributed by atoms with van der Waals surface area (Å²) in [6.45, 7) is 1.51. The fourth-order valence-corrected chi connectivity index (χ4v) is 1.30. The Kier molecular flexibility index (Phi) is 2.92. The molecule has 0 radical (unpaired) electrons. The maximum absolute atomic E-state index is 11.6. The van der Waals surface area contributed by atoms with E-state index in [4.69, 9.17) is 0 Å². The molecule has 2 heterocycles. The van der Waals surface area contributed by atoms with E-state index in [1.807, 2.05) is 6.07 Å². The maximum Gasteiger partial charge on any atom is 0.291 e. The van der Waals surface area contributed by atoms with Crippen LogP contribution in [0.15, 0.2) is 29.4 Å². The molecule has 5 heteroatoms. The van der Waals surface area contributed by atoms with Gasteiger partial charge in [0.1, 0.15) is 5.82 Å². The van der Waals surface area contributed by atoms with E-state index in [0.717, 1.165) is 13.0 Å². The van der Waals surface area contributed by atoms with Crippen molar-refractivity contribution >= 4 is 17.6 Å². The smallest absolute Gasteiger partial charge is 0.291 e. The lowest BCUT2D eigenvalue weighted by molar-refractivity contribution is -0.110. The fourth-order valence-electron chi connectivity index (χ4n) is 1.30. The second-order valence-corrected chi connectivity index (χ2v) is 3.18. The summed E-state index contributed by atoms with van der Waals surface area (Å²) in [4.78, 5) is 19.7. The number of amidine groups is 1. The van der Waals surface area contributed by atoms with E-state index < -0.39 is 0 Å². The van der Waals surface area contributed by atoms with Gasteiger partial charge >= 0.3 is 0 Å². The first-order valence-corrected chi connectivity index (χ1v) is 4.87. The van der Waals surface area contributed by atoms with E-state index in [1.54, 1.807) is 18.3 Å². The molecule has 78 valence electrons. The van der Waals surface area contributed by atoms with Gasteiger partial charge < -0.3 is 10.6 Å². The monoisotopic (exact) mass is 204 g/mol. The number of rotatable bonds is 2. The lowest BCUT2D eigenvalue weighted by Crippen LogP contribution is -2.39. The second-order valence-electron chi connectivity index (χ2n) is 3.18. The number of aromatic nitrogens is 1. The van der Waals surface area contributed by atoms with Gasteiger partial charge in [0.05, 0.1) is 0 Å². The first-order valence-electron chi connectivity index (χ1n) is 4.87. The number of nitrogens with one attached hydrogen (secondary N) is 2. The number of carbonyl (C=O) groups excluding carboxylic acids is 1. The highest BCUT2D eigenvalue weighted by Gasteiger charge is 2.13. The van der Waals surface area contributed by atoms with Gasteiger partial charge in [-0.2, -0.15) is 0 Å². The van der Waals surface area contributed by atoms with Gasteiger partial charge in [-0.1, -0.05) is 6.07 Å². The zero-order chi connectivity index (χ0) is 10.5. The fraction of sp³-hybridized carbons (Fsp3) is 0.300. The topological polar surface area (TPSA) is 66.4 Å².